The molecule has 1 aliphatic rings. The molecule has 0 saturated heterocycles. The normalized spacial score (nSPS) is 30.9. The predicted octanol–water partition coefficient (Wildman–Crippen LogP) is 2.87. The van der Waals surface area contributed by atoms with Crippen LogP contribution in [-0.4, -0.2) is 29.6 Å². The highest BCUT2D eigenvalue weighted by Crippen LogP contribution is 2.40. The van der Waals surface area contributed by atoms with Crippen molar-refractivity contribution in [1.29, 1.82) is 0 Å². The van der Waals surface area contributed by atoms with Crippen LogP contribution in [0, 0.1) is 11.8 Å². The Labute approximate surface area is 102 Å². The van der Waals surface area contributed by atoms with Crippen molar-refractivity contribution in [3.63, 3.8) is 0 Å². The highest BCUT2D eigenvalue weighted by atomic mass is 15.2. The van der Waals surface area contributed by atoms with Gasteiger partial charge in [-0.3, -0.25) is 4.90 Å². The third-order valence-corrected chi connectivity index (χ3v) is 4.27. The Morgan fingerprint density at radius 2 is 1.94 bits per heavy atom. The van der Waals surface area contributed by atoms with Gasteiger partial charge in [0.1, 0.15) is 0 Å². The Balaban J connectivity index is 2.88. The summed E-state index contributed by atoms with van der Waals surface area (Å²) in [5.74, 6) is 1.47. The Hall–Kier alpha value is -0.0800. The van der Waals surface area contributed by atoms with Gasteiger partial charge in [0.25, 0.3) is 0 Å². The van der Waals surface area contributed by atoms with E-state index in [4.69, 9.17) is 5.73 Å². The molecule has 0 heterocycles. The molecule has 2 unspecified atom stereocenters. The highest BCUT2D eigenvalue weighted by Gasteiger charge is 2.44. The van der Waals surface area contributed by atoms with E-state index < -0.39 is 0 Å². The van der Waals surface area contributed by atoms with E-state index in [1.165, 1.54) is 25.8 Å². The Bertz CT molecular complexity index is 213. The summed E-state index contributed by atoms with van der Waals surface area (Å²) >= 11 is 0. The van der Waals surface area contributed by atoms with E-state index in [0.29, 0.717) is 6.04 Å². The first-order chi connectivity index (χ1) is 7.44. The summed E-state index contributed by atoms with van der Waals surface area (Å²) < 4.78 is 0. The number of nitrogens with two attached hydrogens (primary N) is 1. The zero-order chi connectivity index (χ0) is 12.3. The van der Waals surface area contributed by atoms with Crippen molar-refractivity contribution in [1.82, 2.24) is 4.90 Å². The SMILES string of the molecule is CC(C)CN(C(C)C)C1(CN)CCCC1C. The molecule has 0 aliphatic heterocycles. The van der Waals surface area contributed by atoms with Gasteiger partial charge in [-0.1, -0.05) is 27.2 Å². The highest BCUT2D eigenvalue weighted by molar-refractivity contribution is 5.01. The van der Waals surface area contributed by atoms with Gasteiger partial charge in [-0.05, 0) is 38.5 Å². The lowest BCUT2D eigenvalue weighted by Crippen LogP contribution is -2.59. The molecule has 0 bridgehead atoms. The predicted molar refractivity (Wildman–Crippen MR) is 71.5 cm³/mol. The third-order valence-electron chi connectivity index (χ3n) is 4.27. The van der Waals surface area contributed by atoms with Crippen molar-refractivity contribution >= 4 is 0 Å². The molecule has 0 aromatic rings. The summed E-state index contributed by atoms with van der Waals surface area (Å²) in [4.78, 5) is 2.68. The molecule has 1 aliphatic carbocycles. The molecule has 0 radical (unpaired) electrons. The number of rotatable bonds is 5. The van der Waals surface area contributed by atoms with Crippen LogP contribution >= 0.6 is 0 Å². The second-order valence-electron chi connectivity index (χ2n) is 6.24. The van der Waals surface area contributed by atoms with E-state index in [9.17, 15) is 0 Å². The first-order valence-electron chi connectivity index (χ1n) is 6.91. The molecule has 1 saturated carbocycles. The zero-order valence-corrected chi connectivity index (χ0v) is 11.8. The van der Waals surface area contributed by atoms with Crippen molar-refractivity contribution < 1.29 is 0 Å². The lowest BCUT2D eigenvalue weighted by atomic mass is 9.84. The molecular formula is C14H30N2. The average Bonchev–Trinajstić information content (AvgIpc) is 2.56. The lowest BCUT2D eigenvalue weighted by Gasteiger charge is -2.47. The van der Waals surface area contributed by atoms with Crippen molar-refractivity contribution in [2.45, 2.75) is 65.5 Å². The minimum absolute atomic E-state index is 0.276. The molecule has 96 valence electrons. The van der Waals surface area contributed by atoms with Crippen LogP contribution in [-0.2, 0) is 0 Å². The molecule has 2 atom stereocenters. The number of hydrogen-bond acceptors (Lipinski definition) is 2. The fourth-order valence-corrected chi connectivity index (χ4v) is 3.38. The number of hydrogen-bond donors (Lipinski definition) is 1. The maximum absolute atomic E-state index is 6.13. The van der Waals surface area contributed by atoms with E-state index in [-0.39, 0.29) is 5.54 Å². The second-order valence-corrected chi connectivity index (χ2v) is 6.24. The summed E-state index contributed by atoms with van der Waals surface area (Å²) in [6.07, 6.45) is 3.98. The maximum atomic E-state index is 6.13. The van der Waals surface area contributed by atoms with Gasteiger partial charge in [0, 0.05) is 24.7 Å². The zero-order valence-electron chi connectivity index (χ0n) is 11.8. The van der Waals surface area contributed by atoms with Gasteiger partial charge >= 0.3 is 0 Å². The van der Waals surface area contributed by atoms with Gasteiger partial charge < -0.3 is 5.73 Å². The molecule has 0 aromatic carbocycles. The van der Waals surface area contributed by atoms with Crippen LogP contribution < -0.4 is 5.73 Å². The topological polar surface area (TPSA) is 29.3 Å². The molecular weight excluding hydrogens is 196 g/mol. The van der Waals surface area contributed by atoms with Crippen molar-refractivity contribution in [2.24, 2.45) is 17.6 Å². The molecule has 2 N–H and O–H groups in total. The molecule has 0 aromatic heterocycles. The molecule has 16 heavy (non-hydrogen) atoms. The lowest BCUT2D eigenvalue weighted by molar-refractivity contribution is 0.0248. The summed E-state index contributed by atoms with van der Waals surface area (Å²) in [6, 6.07) is 0.603. The first-order valence-corrected chi connectivity index (χ1v) is 6.91. The fraction of sp³-hybridized carbons (Fsp3) is 1.00. The maximum Gasteiger partial charge on any atom is 0.0360 e. The van der Waals surface area contributed by atoms with E-state index >= 15 is 0 Å². The smallest absolute Gasteiger partial charge is 0.0360 e. The Kier molecular flexibility index (Phi) is 4.81. The molecule has 1 fully saturated rings. The Morgan fingerprint density at radius 1 is 1.31 bits per heavy atom. The van der Waals surface area contributed by atoms with Crippen LogP contribution in [0.1, 0.15) is 53.9 Å². The monoisotopic (exact) mass is 226 g/mol. The first kappa shape index (κ1) is 14.0. The summed E-state index contributed by atoms with van der Waals surface area (Å²) in [6.45, 7) is 13.6. The van der Waals surface area contributed by atoms with Crippen LogP contribution in [0.15, 0.2) is 0 Å². The van der Waals surface area contributed by atoms with E-state index in [1.807, 2.05) is 0 Å². The van der Waals surface area contributed by atoms with E-state index in [2.05, 4.69) is 39.5 Å². The van der Waals surface area contributed by atoms with E-state index in [1.54, 1.807) is 0 Å². The van der Waals surface area contributed by atoms with Crippen LogP contribution in [0.4, 0.5) is 0 Å². The third kappa shape index (κ3) is 2.60. The van der Waals surface area contributed by atoms with Crippen molar-refractivity contribution in [3.8, 4) is 0 Å². The van der Waals surface area contributed by atoms with Crippen LogP contribution in [0.25, 0.3) is 0 Å². The minimum Gasteiger partial charge on any atom is -0.329 e. The number of nitrogens with zero attached hydrogens (tertiary/aromatic N) is 1. The minimum atomic E-state index is 0.276. The molecule has 2 nitrogen and oxygen atoms in total. The van der Waals surface area contributed by atoms with Gasteiger partial charge in [0.2, 0.25) is 0 Å². The molecule has 0 amide bonds. The summed E-state index contributed by atoms with van der Waals surface area (Å²) in [7, 11) is 0. The van der Waals surface area contributed by atoms with Gasteiger partial charge in [0.15, 0.2) is 0 Å². The van der Waals surface area contributed by atoms with Crippen LogP contribution in [0.5, 0.6) is 0 Å². The Morgan fingerprint density at radius 3 is 2.25 bits per heavy atom. The van der Waals surface area contributed by atoms with Gasteiger partial charge in [-0.15, -0.1) is 0 Å². The molecule has 0 spiro atoms. The van der Waals surface area contributed by atoms with Crippen LogP contribution in [0.2, 0.25) is 0 Å². The van der Waals surface area contributed by atoms with Crippen LogP contribution in [0.3, 0.4) is 0 Å². The summed E-state index contributed by atoms with van der Waals surface area (Å²) in [5, 5.41) is 0. The summed E-state index contributed by atoms with van der Waals surface area (Å²) in [5.41, 5.74) is 6.41. The van der Waals surface area contributed by atoms with Crippen molar-refractivity contribution in [2.75, 3.05) is 13.1 Å². The van der Waals surface area contributed by atoms with E-state index in [0.717, 1.165) is 18.4 Å². The van der Waals surface area contributed by atoms with Crippen molar-refractivity contribution in [3.05, 3.63) is 0 Å². The second kappa shape index (κ2) is 5.50. The standard InChI is InChI=1S/C14H30N2/c1-11(2)9-16(12(3)4)14(10-15)8-6-7-13(14)5/h11-13H,6-10,15H2,1-5H3. The largest absolute Gasteiger partial charge is 0.329 e. The average molecular weight is 226 g/mol. The van der Waals surface area contributed by atoms with Gasteiger partial charge in [0.05, 0.1) is 0 Å². The molecule has 2 heteroatoms. The fourth-order valence-electron chi connectivity index (χ4n) is 3.38. The van der Waals surface area contributed by atoms with Gasteiger partial charge in [-0.2, -0.15) is 0 Å². The molecule has 1 rings (SSSR count). The van der Waals surface area contributed by atoms with Gasteiger partial charge in [-0.25, -0.2) is 0 Å². The quantitative estimate of drug-likeness (QED) is 0.781.